The SMILES string of the molecule is O=C(C1CCCCN1C(=O)c1ccco1)N1CCN(S(=O)(=O)c2ccc(Cl)s2)CC1. The van der Waals surface area contributed by atoms with Crippen molar-refractivity contribution in [3.63, 3.8) is 0 Å². The number of thiophene rings is 1. The number of hydrogen-bond acceptors (Lipinski definition) is 6. The number of carbonyl (C=O) groups excluding carboxylic acids is 2. The van der Waals surface area contributed by atoms with E-state index in [-0.39, 0.29) is 48.0 Å². The van der Waals surface area contributed by atoms with Crippen LogP contribution in [0.3, 0.4) is 0 Å². The zero-order valence-corrected chi connectivity index (χ0v) is 18.6. The Morgan fingerprint density at radius 1 is 1.07 bits per heavy atom. The first-order valence-corrected chi connectivity index (χ1v) is 12.4. The Hall–Kier alpha value is -1.88. The van der Waals surface area contributed by atoms with Crippen molar-refractivity contribution in [3.8, 4) is 0 Å². The Labute approximate surface area is 184 Å². The van der Waals surface area contributed by atoms with E-state index in [0.29, 0.717) is 17.3 Å². The van der Waals surface area contributed by atoms with Gasteiger partial charge in [0.1, 0.15) is 10.3 Å². The molecule has 0 saturated carbocycles. The number of rotatable bonds is 4. The standard InChI is InChI=1S/C19H22ClN3O5S2/c20-16-6-7-17(29-16)30(26,27)22-11-9-21(10-12-22)18(24)14-4-1-2-8-23(14)19(25)15-5-3-13-28-15/h3,5-7,13-14H,1-2,4,8-12H2. The summed E-state index contributed by atoms with van der Waals surface area (Å²) in [6, 6.07) is 5.76. The van der Waals surface area contributed by atoms with E-state index >= 15 is 0 Å². The molecule has 0 aliphatic carbocycles. The molecular weight excluding hydrogens is 450 g/mol. The normalized spacial score (nSPS) is 21.0. The summed E-state index contributed by atoms with van der Waals surface area (Å²) in [6.07, 6.45) is 3.74. The van der Waals surface area contributed by atoms with Crippen LogP contribution in [0.25, 0.3) is 0 Å². The summed E-state index contributed by atoms with van der Waals surface area (Å²) in [7, 11) is -3.62. The molecule has 2 aromatic rings. The Balaban J connectivity index is 1.42. The number of hydrogen-bond donors (Lipinski definition) is 0. The van der Waals surface area contributed by atoms with Gasteiger partial charge < -0.3 is 14.2 Å². The molecule has 4 heterocycles. The first-order valence-electron chi connectivity index (χ1n) is 9.76. The predicted molar refractivity (Wildman–Crippen MR) is 112 cm³/mol. The van der Waals surface area contributed by atoms with Gasteiger partial charge in [-0.3, -0.25) is 9.59 Å². The number of piperazine rings is 1. The van der Waals surface area contributed by atoms with Gasteiger partial charge in [-0.2, -0.15) is 4.31 Å². The minimum absolute atomic E-state index is 0.133. The molecule has 4 rings (SSSR count). The maximum Gasteiger partial charge on any atom is 0.290 e. The summed E-state index contributed by atoms with van der Waals surface area (Å²) >= 11 is 6.90. The molecular formula is C19H22ClN3O5S2. The van der Waals surface area contributed by atoms with Gasteiger partial charge in [0.05, 0.1) is 10.6 Å². The maximum absolute atomic E-state index is 13.2. The van der Waals surface area contributed by atoms with Crippen LogP contribution >= 0.6 is 22.9 Å². The minimum Gasteiger partial charge on any atom is -0.459 e. The fourth-order valence-electron chi connectivity index (χ4n) is 3.90. The molecule has 0 N–H and O–H groups in total. The third-order valence-electron chi connectivity index (χ3n) is 5.47. The number of piperidine rings is 1. The van der Waals surface area contributed by atoms with Crippen molar-refractivity contribution in [1.29, 1.82) is 0 Å². The van der Waals surface area contributed by atoms with Crippen molar-refractivity contribution in [2.45, 2.75) is 29.5 Å². The molecule has 8 nitrogen and oxygen atoms in total. The van der Waals surface area contributed by atoms with Crippen molar-refractivity contribution in [1.82, 2.24) is 14.1 Å². The number of halogens is 1. The molecule has 162 valence electrons. The van der Waals surface area contributed by atoms with E-state index in [1.807, 2.05) is 0 Å². The summed E-state index contributed by atoms with van der Waals surface area (Å²) in [5.41, 5.74) is 0. The average molecular weight is 472 g/mol. The van der Waals surface area contributed by atoms with E-state index in [2.05, 4.69) is 0 Å². The molecule has 0 bridgehead atoms. The van der Waals surface area contributed by atoms with Crippen LogP contribution in [0.4, 0.5) is 0 Å². The van der Waals surface area contributed by atoms with Crippen molar-refractivity contribution in [2.75, 3.05) is 32.7 Å². The third kappa shape index (κ3) is 4.14. The van der Waals surface area contributed by atoms with Crippen LogP contribution in [0.5, 0.6) is 0 Å². The molecule has 2 aromatic heterocycles. The van der Waals surface area contributed by atoms with Crippen molar-refractivity contribution >= 4 is 44.8 Å². The molecule has 2 saturated heterocycles. The molecule has 1 unspecified atom stereocenters. The number of likely N-dealkylation sites (tertiary alicyclic amines) is 1. The fourth-order valence-corrected chi connectivity index (χ4v) is 6.96. The highest BCUT2D eigenvalue weighted by molar-refractivity contribution is 7.91. The highest BCUT2D eigenvalue weighted by Gasteiger charge is 2.38. The largest absolute Gasteiger partial charge is 0.459 e. The molecule has 2 amide bonds. The molecule has 0 aromatic carbocycles. The van der Waals surface area contributed by atoms with Gasteiger partial charge in [-0.05, 0) is 43.5 Å². The summed E-state index contributed by atoms with van der Waals surface area (Å²) in [6.45, 7) is 1.50. The van der Waals surface area contributed by atoms with Crippen molar-refractivity contribution < 1.29 is 22.4 Å². The van der Waals surface area contributed by atoms with E-state index in [0.717, 1.165) is 24.2 Å². The number of sulfonamides is 1. The van der Waals surface area contributed by atoms with Gasteiger partial charge in [-0.25, -0.2) is 8.42 Å². The number of furan rings is 1. The third-order valence-corrected chi connectivity index (χ3v) is 9.07. The van der Waals surface area contributed by atoms with Gasteiger partial charge in [-0.15, -0.1) is 11.3 Å². The van der Waals surface area contributed by atoms with Crippen molar-refractivity contribution in [2.24, 2.45) is 0 Å². The fraction of sp³-hybridized carbons (Fsp3) is 0.474. The lowest BCUT2D eigenvalue weighted by Gasteiger charge is -2.40. The summed E-state index contributed by atoms with van der Waals surface area (Å²) in [5.74, 6) is -0.195. The van der Waals surface area contributed by atoms with Crippen LogP contribution in [0.15, 0.2) is 39.2 Å². The number of amides is 2. The molecule has 30 heavy (non-hydrogen) atoms. The molecule has 0 radical (unpaired) electrons. The topological polar surface area (TPSA) is 91.1 Å². The first kappa shape index (κ1) is 21.4. The number of nitrogens with zero attached hydrogens (tertiary/aromatic N) is 3. The van der Waals surface area contributed by atoms with Crippen LogP contribution in [-0.2, 0) is 14.8 Å². The van der Waals surface area contributed by atoms with Crippen LogP contribution in [0, 0.1) is 0 Å². The molecule has 1 atom stereocenters. The van der Waals surface area contributed by atoms with Gasteiger partial charge in [0.25, 0.3) is 15.9 Å². The zero-order chi connectivity index (χ0) is 21.3. The van der Waals surface area contributed by atoms with Crippen molar-refractivity contribution in [3.05, 3.63) is 40.6 Å². The number of carbonyl (C=O) groups is 2. The lowest BCUT2D eigenvalue weighted by Crippen LogP contribution is -2.57. The smallest absolute Gasteiger partial charge is 0.290 e. The Bertz CT molecular complexity index is 1010. The summed E-state index contributed by atoms with van der Waals surface area (Å²) in [4.78, 5) is 29.2. The van der Waals surface area contributed by atoms with E-state index < -0.39 is 16.1 Å². The molecule has 2 aliphatic rings. The van der Waals surface area contributed by atoms with E-state index in [4.69, 9.17) is 16.0 Å². The van der Waals surface area contributed by atoms with E-state index in [9.17, 15) is 18.0 Å². The highest BCUT2D eigenvalue weighted by atomic mass is 35.5. The van der Waals surface area contributed by atoms with Gasteiger partial charge in [-0.1, -0.05) is 11.6 Å². The monoisotopic (exact) mass is 471 g/mol. The van der Waals surface area contributed by atoms with Gasteiger partial charge in [0.2, 0.25) is 5.91 Å². The molecule has 2 fully saturated rings. The average Bonchev–Trinajstić information content (AvgIpc) is 3.45. The summed E-state index contributed by atoms with van der Waals surface area (Å²) < 4.78 is 32.7. The van der Waals surface area contributed by atoms with Crippen LogP contribution < -0.4 is 0 Å². The van der Waals surface area contributed by atoms with E-state index in [1.165, 1.54) is 16.6 Å². The van der Waals surface area contributed by atoms with Gasteiger partial charge in [0.15, 0.2) is 5.76 Å². The lowest BCUT2D eigenvalue weighted by atomic mass is 10.00. The first-order chi connectivity index (χ1) is 14.4. The Morgan fingerprint density at radius 2 is 1.83 bits per heavy atom. The van der Waals surface area contributed by atoms with Crippen LogP contribution in [0.2, 0.25) is 4.34 Å². The zero-order valence-electron chi connectivity index (χ0n) is 16.2. The maximum atomic E-state index is 13.2. The summed E-state index contributed by atoms with van der Waals surface area (Å²) in [5, 5.41) is 0. The second-order valence-corrected chi connectivity index (χ2v) is 11.2. The minimum atomic E-state index is -3.62. The van der Waals surface area contributed by atoms with Gasteiger partial charge >= 0.3 is 0 Å². The van der Waals surface area contributed by atoms with Crippen LogP contribution in [-0.4, -0.2) is 73.1 Å². The molecule has 2 aliphatic heterocycles. The lowest BCUT2D eigenvalue weighted by molar-refractivity contribution is -0.138. The second kappa shape index (κ2) is 8.70. The predicted octanol–water partition coefficient (Wildman–Crippen LogP) is 2.52. The molecule has 11 heteroatoms. The highest BCUT2D eigenvalue weighted by Crippen LogP contribution is 2.29. The van der Waals surface area contributed by atoms with Crippen LogP contribution in [0.1, 0.15) is 29.8 Å². The Morgan fingerprint density at radius 3 is 2.47 bits per heavy atom. The Kier molecular flexibility index (Phi) is 6.19. The van der Waals surface area contributed by atoms with E-state index in [1.54, 1.807) is 28.0 Å². The molecule has 0 spiro atoms. The quantitative estimate of drug-likeness (QED) is 0.683. The van der Waals surface area contributed by atoms with Gasteiger partial charge in [0, 0.05) is 32.7 Å². The second-order valence-electron chi connectivity index (χ2n) is 7.28.